The zero-order valence-electron chi connectivity index (χ0n) is 9.77. The lowest BCUT2D eigenvalue weighted by atomic mass is 10.0. The summed E-state index contributed by atoms with van der Waals surface area (Å²) in [7, 11) is 1.80. The van der Waals surface area contributed by atoms with Crippen LogP contribution in [0.3, 0.4) is 0 Å². The zero-order valence-corrected chi connectivity index (χ0v) is 11.4. The molecule has 1 aromatic heterocycles. The number of aromatic nitrogens is 3. The van der Waals surface area contributed by atoms with Crippen molar-refractivity contribution < 1.29 is 4.39 Å². The highest BCUT2D eigenvalue weighted by atomic mass is 79.9. The number of hydrazine groups is 1. The minimum atomic E-state index is -0.291. The van der Waals surface area contributed by atoms with Crippen molar-refractivity contribution in [2.45, 2.75) is 12.5 Å². The van der Waals surface area contributed by atoms with E-state index in [0.717, 1.165) is 11.3 Å². The van der Waals surface area contributed by atoms with Gasteiger partial charge >= 0.3 is 0 Å². The van der Waals surface area contributed by atoms with Gasteiger partial charge in [-0.1, -0.05) is 27.2 Å². The van der Waals surface area contributed by atoms with Crippen LogP contribution in [0, 0.1) is 5.82 Å². The first-order chi connectivity index (χ1) is 8.60. The van der Waals surface area contributed by atoms with Crippen LogP contribution in [0.25, 0.3) is 0 Å². The van der Waals surface area contributed by atoms with Crippen LogP contribution in [-0.2, 0) is 13.5 Å². The lowest BCUT2D eigenvalue weighted by molar-refractivity contribution is 0.540. The molecule has 0 spiro atoms. The average Bonchev–Trinajstić information content (AvgIpc) is 2.72. The summed E-state index contributed by atoms with van der Waals surface area (Å²) < 4.78 is 15.3. The SMILES string of the molecule is Cn1cc(CC(NN)c2ccc(F)cc2Br)nn1. The number of benzene rings is 1. The molecule has 1 atom stereocenters. The number of nitrogens with two attached hydrogens (primary N) is 1. The van der Waals surface area contributed by atoms with Crippen LogP contribution in [-0.4, -0.2) is 15.0 Å². The zero-order chi connectivity index (χ0) is 13.1. The van der Waals surface area contributed by atoms with Gasteiger partial charge in [0.1, 0.15) is 5.82 Å². The fourth-order valence-electron chi connectivity index (χ4n) is 1.74. The van der Waals surface area contributed by atoms with Crippen LogP contribution in [0.4, 0.5) is 4.39 Å². The Morgan fingerprint density at radius 3 is 2.89 bits per heavy atom. The Kier molecular flexibility index (Phi) is 4.05. The molecule has 0 saturated heterocycles. The highest BCUT2D eigenvalue weighted by Crippen LogP contribution is 2.26. The molecule has 18 heavy (non-hydrogen) atoms. The number of halogens is 2. The second-order valence-electron chi connectivity index (χ2n) is 3.97. The second kappa shape index (κ2) is 5.55. The van der Waals surface area contributed by atoms with Gasteiger partial charge in [-0.25, -0.2) is 4.39 Å². The van der Waals surface area contributed by atoms with Gasteiger partial charge in [0.25, 0.3) is 0 Å². The Bertz CT molecular complexity index is 542. The van der Waals surface area contributed by atoms with Crippen LogP contribution in [0.1, 0.15) is 17.3 Å². The van der Waals surface area contributed by atoms with Crippen LogP contribution in [0.2, 0.25) is 0 Å². The third kappa shape index (κ3) is 2.92. The van der Waals surface area contributed by atoms with Crippen molar-refractivity contribution in [1.82, 2.24) is 20.4 Å². The number of nitrogens with one attached hydrogen (secondary N) is 1. The Morgan fingerprint density at radius 1 is 1.56 bits per heavy atom. The smallest absolute Gasteiger partial charge is 0.124 e. The molecule has 0 saturated carbocycles. The van der Waals surface area contributed by atoms with Crippen molar-refractivity contribution in [3.8, 4) is 0 Å². The number of hydrogen-bond acceptors (Lipinski definition) is 4. The quantitative estimate of drug-likeness (QED) is 0.662. The maximum Gasteiger partial charge on any atom is 0.124 e. The standard InChI is InChI=1S/C11H13BrFN5/c1-18-6-8(16-17-18)5-11(15-14)9-3-2-7(13)4-10(9)12/h2-4,6,11,15H,5,14H2,1H3. The monoisotopic (exact) mass is 313 g/mol. The van der Waals surface area contributed by atoms with Crippen LogP contribution in [0.5, 0.6) is 0 Å². The molecule has 0 bridgehead atoms. The van der Waals surface area contributed by atoms with E-state index in [-0.39, 0.29) is 11.9 Å². The maximum atomic E-state index is 13.0. The summed E-state index contributed by atoms with van der Waals surface area (Å²) >= 11 is 3.33. The number of nitrogens with zero attached hydrogens (tertiary/aromatic N) is 3. The molecule has 1 unspecified atom stereocenters. The van der Waals surface area contributed by atoms with E-state index in [9.17, 15) is 4.39 Å². The van der Waals surface area contributed by atoms with Gasteiger partial charge in [0.2, 0.25) is 0 Å². The van der Waals surface area contributed by atoms with Crippen molar-refractivity contribution in [3.05, 3.63) is 45.9 Å². The van der Waals surface area contributed by atoms with Gasteiger partial charge in [0, 0.05) is 24.1 Å². The Hall–Kier alpha value is -1.31. The Labute approximate surface area is 112 Å². The van der Waals surface area contributed by atoms with Crippen LogP contribution < -0.4 is 11.3 Å². The molecule has 0 fully saturated rings. The number of rotatable bonds is 4. The van der Waals surface area contributed by atoms with Crippen molar-refractivity contribution in [2.24, 2.45) is 12.9 Å². The second-order valence-corrected chi connectivity index (χ2v) is 4.83. The minimum absolute atomic E-state index is 0.156. The largest absolute Gasteiger partial charge is 0.271 e. The molecule has 3 N–H and O–H groups in total. The van der Waals surface area contributed by atoms with E-state index in [4.69, 9.17) is 5.84 Å². The minimum Gasteiger partial charge on any atom is -0.271 e. The molecule has 0 aliphatic heterocycles. The summed E-state index contributed by atoms with van der Waals surface area (Å²) in [5.74, 6) is 5.26. The predicted molar refractivity (Wildman–Crippen MR) is 68.9 cm³/mol. The molecular weight excluding hydrogens is 301 g/mol. The summed E-state index contributed by atoms with van der Waals surface area (Å²) in [5.41, 5.74) is 4.40. The van der Waals surface area contributed by atoms with Crippen LogP contribution >= 0.6 is 15.9 Å². The molecule has 1 aromatic carbocycles. The first-order valence-electron chi connectivity index (χ1n) is 5.36. The van der Waals surface area contributed by atoms with Gasteiger partial charge < -0.3 is 0 Å². The van der Waals surface area contributed by atoms with Gasteiger partial charge in [-0.05, 0) is 17.7 Å². The normalized spacial score (nSPS) is 12.7. The van der Waals surface area contributed by atoms with E-state index in [1.807, 2.05) is 6.20 Å². The predicted octanol–water partition coefficient (Wildman–Crippen LogP) is 1.46. The molecule has 0 aliphatic carbocycles. The summed E-state index contributed by atoms with van der Waals surface area (Å²) in [4.78, 5) is 0. The van der Waals surface area contributed by atoms with Crippen LogP contribution in [0.15, 0.2) is 28.9 Å². The summed E-state index contributed by atoms with van der Waals surface area (Å²) in [6.45, 7) is 0. The molecule has 2 aromatic rings. The van der Waals surface area contributed by atoms with Gasteiger partial charge in [-0.2, -0.15) is 0 Å². The van der Waals surface area contributed by atoms with Crippen molar-refractivity contribution in [2.75, 3.05) is 0 Å². The van der Waals surface area contributed by atoms with E-state index in [2.05, 4.69) is 31.7 Å². The van der Waals surface area contributed by atoms with Crippen molar-refractivity contribution >= 4 is 15.9 Å². The number of hydrogen-bond donors (Lipinski definition) is 2. The molecule has 0 radical (unpaired) electrons. The fraction of sp³-hybridized carbons (Fsp3) is 0.273. The van der Waals surface area contributed by atoms with E-state index in [1.54, 1.807) is 17.8 Å². The molecule has 96 valence electrons. The summed E-state index contributed by atoms with van der Waals surface area (Å²) in [6, 6.07) is 4.36. The fourth-order valence-corrected chi connectivity index (χ4v) is 2.37. The average molecular weight is 314 g/mol. The third-order valence-electron chi connectivity index (χ3n) is 2.60. The Morgan fingerprint density at radius 2 is 2.33 bits per heavy atom. The maximum absolute atomic E-state index is 13.0. The van der Waals surface area contributed by atoms with Gasteiger partial charge in [-0.15, -0.1) is 5.10 Å². The molecule has 0 amide bonds. The Balaban J connectivity index is 2.22. The topological polar surface area (TPSA) is 68.8 Å². The molecule has 5 nitrogen and oxygen atoms in total. The molecule has 1 heterocycles. The highest BCUT2D eigenvalue weighted by molar-refractivity contribution is 9.10. The molecule has 0 aliphatic rings. The van der Waals surface area contributed by atoms with E-state index in [1.165, 1.54) is 12.1 Å². The van der Waals surface area contributed by atoms with Crippen molar-refractivity contribution in [1.29, 1.82) is 0 Å². The van der Waals surface area contributed by atoms with Gasteiger partial charge in [0.05, 0.1) is 11.7 Å². The first-order valence-corrected chi connectivity index (χ1v) is 6.15. The van der Waals surface area contributed by atoms with Gasteiger partial charge in [-0.3, -0.25) is 16.0 Å². The highest BCUT2D eigenvalue weighted by Gasteiger charge is 2.15. The lowest BCUT2D eigenvalue weighted by Gasteiger charge is -2.16. The van der Waals surface area contributed by atoms with E-state index >= 15 is 0 Å². The van der Waals surface area contributed by atoms with E-state index < -0.39 is 0 Å². The summed E-state index contributed by atoms with van der Waals surface area (Å²) in [6.07, 6.45) is 2.40. The molecule has 2 rings (SSSR count). The first kappa shape index (κ1) is 13.1. The lowest BCUT2D eigenvalue weighted by Crippen LogP contribution is -2.30. The molecular formula is C11H13BrFN5. The third-order valence-corrected chi connectivity index (χ3v) is 3.29. The van der Waals surface area contributed by atoms with Crippen molar-refractivity contribution in [3.63, 3.8) is 0 Å². The van der Waals surface area contributed by atoms with Gasteiger partial charge in [0.15, 0.2) is 0 Å². The van der Waals surface area contributed by atoms with E-state index in [0.29, 0.717) is 10.9 Å². The summed E-state index contributed by atoms with van der Waals surface area (Å²) in [5, 5.41) is 7.86. The number of aryl methyl sites for hydroxylation is 1. The molecule has 7 heteroatoms.